The fourth-order valence-corrected chi connectivity index (χ4v) is 2.63. The highest BCUT2D eigenvalue weighted by Gasteiger charge is 2.28. The maximum absolute atomic E-state index is 12.5. The minimum absolute atomic E-state index is 0.164. The highest BCUT2D eigenvalue weighted by Crippen LogP contribution is 2.27. The van der Waals surface area contributed by atoms with Gasteiger partial charge in [-0.2, -0.15) is 0 Å². The third-order valence-corrected chi connectivity index (χ3v) is 3.77. The highest BCUT2D eigenvalue weighted by atomic mass is 16.6. The second-order valence-corrected chi connectivity index (χ2v) is 7.45. The van der Waals surface area contributed by atoms with Gasteiger partial charge in [0.1, 0.15) is 5.60 Å². The molecule has 0 radical (unpaired) electrons. The van der Waals surface area contributed by atoms with E-state index in [1.165, 1.54) is 0 Å². The van der Waals surface area contributed by atoms with E-state index in [-0.39, 0.29) is 13.2 Å². The molecule has 0 aliphatic carbocycles. The van der Waals surface area contributed by atoms with Gasteiger partial charge < -0.3 is 14.2 Å². The lowest BCUT2D eigenvalue weighted by Crippen LogP contribution is -2.48. The minimum atomic E-state index is -0.741. The van der Waals surface area contributed by atoms with Crippen LogP contribution >= 0.6 is 0 Å². The summed E-state index contributed by atoms with van der Waals surface area (Å²) in [5.74, 6) is 0. The lowest BCUT2D eigenvalue weighted by Gasteiger charge is -2.30. The lowest BCUT2D eigenvalue weighted by molar-refractivity contribution is 0.0525. The van der Waals surface area contributed by atoms with E-state index in [0.29, 0.717) is 12.1 Å². The molecule has 0 aliphatic rings. The number of hydrogen-bond donors (Lipinski definition) is 2. The van der Waals surface area contributed by atoms with E-state index in [1.54, 1.807) is 58.9 Å². The lowest BCUT2D eigenvalue weighted by atomic mass is 10.0. The Morgan fingerprint density at radius 2 is 1.57 bits per heavy atom. The van der Waals surface area contributed by atoms with E-state index in [9.17, 15) is 14.4 Å². The Morgan fingerprint density at radius 3 is 2.07 bits per heavy atom. The number of benzene rings is 1. The third kappa shape index (κ3) is 8.59. The molecule has 1 atom stereocenters. The Kier molecular flexibility index (Phi) is 9.94. The molecule has 1 aromatic carbocycles. The molecular weight excluding hydrogens is 390 g/mol. The van der Waals surface area contributed by atoms with Crippen molar-refractivity contribution in [3.8, 4) is 0 Å². The SMILES string of the molecule is CCCC(c1ccc(NC(=O)OC(C)(C)C)cc1)N(NC(=O)OCC)C(=O)OCC. The van der Waals surface area contributed by atoms with Crippen molar-refractivity contribution in [1.82, 2.24) is 10.4 Å². The van der Waals surface area contributed by atoms with Gasteiger partial charge in [0, 0.05) is 5.69 Å². The van der Waals surface area contributed by atoms with Gasteiger partial charge in [-0.3, -0.25) is 5.32 Å². The van der Waals surface area contributed by atoms with Crippen LogP contribution in [-0.4, -0.2) is 42.1 Å². The van der Waals surface area contributed by atoms with Gasteiger partial charge in [-0.15, -0.1) is 0 Å². The van der Waals surface area contributed by atoms with Crippen LogP contribution < -0.4 is 10.7 Å². The van der Waals surface area contributed by atoms with E-state index in [0.717, 1.165) is 17.0 Å². The van der Waals surface area contributed by atoms with Crippen LogP contribution in [0.25, 0.3) is 0 Å². The third-order valence-electron chi connectivity index (χ3n) is 3.77. The Bertz CT molecular complexity index is 700. The molecule has 168 valence electrons. The van der Waals surface area contributed by atoms with Gasteiger partial charge >= 0.3 is 18.3 Å². The van der Waals surface area contributed by atoms with Crippen molar-refractivity contribution in [2.24, 2.45) is 0 Å². The zero-order valence-corrected chi connectivity index (χ0v) is 18.6. The summed E-state index contributed by atoms with van der Waals surface area (Å²) in [7, 11) is 0. The summed E-state index contributed by atoms with van der Waals surface area (Å²) >= 11 is 0. The largest absolute Gasteiger partial charge is 0.449 e. The van der Waals surface area contributed by atoms with Crippen LogP contribution in [0.2, 0.25) is 0 Å². The summed E-state index contributed by atoms with van der Waals surface area (Å²) in [6, 6.07) is 6.47. The summed E-state index contributed by atoms with van der Waals surface area (Å²) < 4.78 is 15.2. The zero-order chi connectivity index (χ0) is 22.7. The first kappa shape index (κ1) is 25.1. The monoisotopic (exact) mass is 423 g/mol. The molecule has 9 heteroatoms. The van der Waals surface area contributed by atoms with Gasteiger partial charge in [-0.1, -0.05) is 25.5 Å². The molecule has 0 aromatic heterocycles. The molecule has 1 rings (SSSR count). The molecule has 1 aromatic rings. The molecule has 9 nitrogen and oxygen atoms in total. The van der Waals surface area contributed by atoms with Crippen LogP contribution in [0.4, 0.5) is 20.1 Å². The van der Waals surface area contributed by atoms with Gasteiger partial charge in [-0.05, 0) is 58.7 Å². The fraction of sp³-hybridized carbons (Fsp3) is 0.571. The van der Waals surface area contributed by atoms with Crippen molar-refractivity contribution in [2.45, 2.75) is 66.0 Å². The summed E-state index contributed by atoms with van der Waals surface area (Å²) in [4.78, 5) is 36.4. The molecule has 30 heavy (non-hydrogen) atoms. The number of hydrogen-bond acceptors (Lipinski definition) is 6. The molecule has 2 N–H and O–H groups in total. The molecule has 3 amide bonds. The normalized spacial score (nSPS) is 11.8. The molecule has 0 spiro atoms. The standard InChI is InChI=1S/C21H33N3O6/c1-7-10-17(24(20(27)29-9-3)23-19(26)28-8-2)15-11-13-16(14-12-15)22-18(25)30-21(4,5)6/h11-14,17H,7-10H2,1-6H3,(H,22,25)(H,23,26). The van der Waals surface area contributed by atoms with Crippen molar-refractivity contribution >= 4 is 24.0 Å². The molecule has 1 unspecified atom stereocenters. The minimum Gasteiger partial charge on any atom is -0.449 e. The van der Waals surface area contributed by atoms with Gasteiger partial charge in [0.15, 0.2) is 0 Å². The van der Waals surface area contributed by atoms with Crippen LogP contribution in [0.15, 0.2) is 24.3 Å². The van der Waals surface area contributed by atoms with E-state index >= 15 is 0 Å². The van der Waals surface area contributed by atoms with E-state index in [1.807, 2.05) is 6.92 Å². The van der Waals surface area contributed by atoms with Crippen LogP contribution in [0.3, 0.4) is 0 Å². The summed E-state index contributed by atoms with van der Waals surface area (Å²) in [5.41, 5.74) is 3.17. The average Bonchev–Trinajstić information content (AvgIpc) is 2.64. The number of amides is 3. The first-order valence-corrected chi connectivity index (χ1v) is 10.1. The van der Waals surface area contributed by atoms with E-state index in [4.69, 9.17) is 14.2 Å². The van der Waals surface area contributed by atoms with Crippen LogP contribution in [0, 0.1) is 0 Å². The topological polar surface area (TPSA) is 106 Å². The zero-order valence-electron chi connectivity index (χ0n) is 18.6. The van der Waals surface area contributed by atoms with E-state index < -0.39 is 29.9 Å². The number of rotatable bonds is 7. The number of carbonyl (C=O) groups is 3. The number of nitrogens with zero attached hydrogens (tertiary/aromatic N) is 1. The molecule has 0 saturated carbocycles. The summed E-state index contributed by atoms with van der Waals surface area (Å²) in [6.07, 6.45) is -0.653. The molecular formula is C21H33N3O6. The van der Waals surface area contributed by atoms with Crippen molar-refractivity contribution in [2.75, 3.05) is 18.5 Å². The number of nitrogens with one attached hydrogen (secondary N) is 2. The average molecular weight is 424 g/mol. The Balaban J connectivity index is 3.05. The van der Waals surface area contributed by atoms with Crippen LogP contribution in [-0.2, 0) is 14.2 Å². The predicted molar refractivity (Wildman–Crippen MR) is 113 cm³/mol. The molecule has 0 heterocycles. The number of ether oxygens (including phenoxy) is 3. The van der Waals surface area contributed by atoms with Gasteiger partial charge in [0.25, 0.3) is 0 Å². The number of carbonyl (C=O) groups excluding carboxylic acids is 3. The van der Waals surface area contributed by atoms with Gasteiger partial charge in [0.2, 0.25) is 0 Å². The second kappa shape index (κ2) is 11.9. The molecule has 0 bridgehead atoms. The Hall–Kier alpha value is -2.97. The summed E-state index contributed by atoms with van der Waals surface area (Å²) in [5, 5.41) is 3.80. The van der Waals surface area contributed by atoms with Crippen molar-refractivity contribution in [3.05, 3.63) is 29.8 Å². The van der Waals surface area contributed by atoms with E-state index in [2.05, 4.69) is 10.7 Å². The first-order chi connectivity index (χ1) is 14.1. The van der Waals surface area contributed by atoms with Crippen LogP contribution in [0.1, 0.15) is 66.0 Å². The number of hydrazine groups is 1. The maximum atomic E-state index is 12.5. The molecule has 0 saturated heterocycles. The second-order valence-electron chi connectivity index (χ2n) is 7.45. The Morgan fingerprint density at radius 1 is 0.967 bits per heavy atom. The van der Waals surface area contributed by atoms with Crippen LogP contribution in [0.5, 0.6) is 0 Å². The number of anilines is 1. The summed E-state index contributed by atoms with van der Waals surface area (Å²) in [6.45, 7) is 11.0. The van der Waals surface area contributed by atoms with Crippen molar-refractivity contribution in [3.63, 3.8) is 0 Å². The predicted octanol–water partition coefficient (Wildman–Crippen LogP) is 4.99. The van der Waals surface area contributed by atoms with Gasteiger partial charge in [0.05, 0.1) is 19.3 Å². The molecule has 0 aliphatic heterocycles. The first-order valence-electron chi connectivity index (χ1n) is 10.1. The highest BCUT2D eigenvalue weighted by molar-refractivity contribution is 5.84. The van der Waals surface area contributed by atoms with Crippen molar-refractivity contribution < 1.29 is 28.6 Å². The molecule has 0 fully saturated rings. The maximum Gasteiger partial charge on any atom is 0.429 e. The van der Waals surface area contributed by atoms with Gasteiger partial charge in [-0.25, -0.2) is 24.8 Å². The fourth-order valence-electron chi connectivity index (χ4n) is 2.63. The van der Waals surface area contributed by atoms with Crippen molar-refractivity contribution in [1.29, 1.82) is 0 Å². The smallest absolute Gasteiger partial charge is 0.429 e. The quantitative estimate of drug-likeness (QED) is 0.472. The Labute approximate surface area is 178 Å².